The van der Waals surface area contributed by atoms with Crippen molar-refractivity contribution in [3.63, 3.8) is 0 Å². The molecular formula is C26H23F4N3O6. The van der Waals surface area contributed by atoms with Crippen molar-refractivity contribution >= 4 is 23.8 Å². The van der Waals surface area contributed by atoms with Crippen LogP contribution in [0.15, 0.2) is 36.4 Å². The number of alkyl carbamates (subject to hydrolysis) is 1. The van der Waals surface area contributed by atoms with Crippen LogP contribution in [0.4, 0.5) is 22.4 Å². The van der Waals surface area contributed by atoms with Crippen LogP contribution in [0.2, 0.25) is 0 Å². The lowest BCUT2D eigenvalue weighted by molar-refractivity contribution is -0.275. The first kappa shape index (κ1) is 26.4. The fraction of sp³-hybridized carbons (Fsp3) is 0.385. The SMILES string of the molecule is O=C1CC[C@@H](N2Cc3ccc(CNC(=O)OC4CC(c5ccccc5OC(F)(F)F)C4)c(F)c3C2=O)C(=O)N1. The maximum atomic E-state index is 15.2. The molecule has 2 aromatic rings. The first-order valence-corrected chi connectivity index (χ1v) is 12.2. The predicted octanol–water partition coefficient (Wildman–Crippen LogP) is 3.66. The standard InChI is InChI=1S/C26H23F4N3O6/c27-22-13(5-6-14-12-33(24(36)21(14)22)18-7-8-20(34)32-23(18)35)11-31-25(37)38-16-9-15(10-16)17-3-1-2-4-19(17)39-26(28,29)30/h1-6,15-16,18H,7-12H2,(H,31,37)(H,32,34,35)/t15?,16?,18-/m1/s1. The van der Waals surface area contributed by atoms with Gasteiger partial charge in [0, 0.05) is 25.1 Å². The molecule has 0 aromatic heterocycles. The van der Waals surface area contributed by atoms with Gasteiger partial charge < -0.3 is 19.7 Å². The van der Waals surface area contributed by atoms with E-state index in [0.717, 1.165) is 0 Å². The Bertz CT molecular complexity index is 1340. The van der Waals surface area contributed by atoms with E-state index in [-0.39, 0.29) is 48.7 Å². The highest BCUT2D eigenvalue weighted by atomic mass is 19.4. The first-order chi connectivity index (χ1) is 18.5. The number of piperidine rings is 1. The average Bonchev–Trinajstić information content (AvgIpc) is 3.17. The third kappa shape index (κ3) is 5.52. The number of alkyl halides is 3. The molecule has 9 nitrogen and oxygen atoms in total. The fourth-order valence-corrected chi connectivity index (χ4v) is 5.10. The van der Waals surface area contributed by atoms with Crippen molar-refractivity contribution in [2.24, 2.45) is 0 Å². The van der Waals surface area contributed by atoms with Crippen LogP contribution in [-0.2, 0) is 27.4 Å². The number of halogens is 4. The summed E-state index contributed by atoms with van der Waals surface area (Å²) in [6.07, 6.45) is -5.39. The zero-order valence-corrected chi connectivity index (χ0v) is 20.3. The molecule has 2 fully saturated rings. The smallest absolute Gasteiger partial charge is 0.446 e. The first-order valence-electron chi connectivity index (χ1n) is 12.2. The van der Waals surface area contributed by atoms with E-state index >= 15 is 4.39 Å². The second kappa shape index (κ2) is 10.2. The van der Waals surface area contributed by atoms with Crippen molar-refractivity contribution in [1.82, 2.24) is 15.5 Å². The number of hydrogen-bond acceptors (Lipinski definition) is 6. The Morgan fingerprint density at radius 2 is 1.85 bits per heavy atom. The molecule has 3 aliphatic rings. The average molecular weight is 549 g/mol. The summed E-state index contributed by atoms with van der Waals surface area (Å²) in [5.41, 5.74) is 0.609. The molecular weight excluding hydrogens is 526 g/mol. The molecule has 2 heterocycles. The number of para-hydroxylation sites is 1. The number of carbonyl (C=O) groups excluding carboxylic acids is 4. The van der Waals surface area contributed by atoms with Gasteiger partial charge in [-0.25, -0.2) is 9.18 Å². The maximum absolute atomic E-state index is 15.2. The van der Waals surface area contributed by atoms with Crippen molar-refractivity contribution in [3.8, 4) is 5.75 Å². The van der Waals surface area contributed by atoms with E-state index in [4.69, 9.17) is 4.74 Å². The molecule has 39 heavy (non-hydrogen) atoms. The van der Waals surface area contributed by atoms with Crippen LogP contribution in [0.5, 0.6) is 5.75 Å². The van der Waals surface area contributed by atoms with Crippen LogP contribution in [-0.4, -0.2) is 47.2 Å². The number of carbonyl (C=O) groups is 4. The van der Waals surface area contributed by atoms with Gasteiger partial charge in [0.15, 0.2) is 0 Å². The highest BCUT2D eigenvalue weighted by Gasteiger charge is 2.41. The van der Waals surface area contributed by atoms with E-state index in [0.29, 0.717) is 24.0 Å². The monoisotopic (exact) mass is 549 g/mol. The summed E-state index contributed by atoms with van der Waals surface area (Å²) < 4.78 is 62.6. The van der Waals surface area contributed by atoms with Gasteiger partial charge in [0.05, 0.1) is 5.56 Å². The van der Waals surface area contributed by atoms with Crippen LogP contribution in [0.25, 0.3) is 0 Å². The minimum Gasteiger partial charge on any atom is -0.446 e. The summed E-state index contributed by atoms with van der Waals surface area (Å²) in [4.78, 5) is 50.0. The van der Waals surface area contributed by atoms with Crippen molar-refractivity contribution in [2.45, 2.75) is 63.2 Å². The number of ether oxygens (including phenoxy) is 2. The summed E-state index contributed by atoms with van der Waals surface area (Å²) in [5.74, 6) is -3.10. The van der Waals surface area contributed by atoms with Gasteiger partial charge >= 0.3 is 12.5 Å². The van der Waals surface area contributed by atoms with E-state index < -0.39 is 48.1 Å². The van der Waals surface area contributed by atoms with E-state index in [1.807, 2.05) is 0 Å². The zero-order valence-electron chi connectivity index (χ0n) is 20.3. The van der Waals surface area contributed by atoms with Gasteiger partial charge in [-0.05, 0) is 42.4 Å². The third-order valence-corrected chi connectivity index (χ3v) is 7.09. The number of benzene rings is 2. The Hall–Kier alpha value is -4.16. The molecule has 5 rings (SSSR count). The Labute approximate surface area is 219 Å². The van der Waals surface area contributed by atoms with E-state index in [1.165, 1.54) is 29.2 Å². The molecule has 13 heteroatoms. The molecule has 1 aliphatic carbocycles. The van der Waals surface area contributed by atoms with Crippen molar-refractivity contribution in [3.05, 3.63) is 64.5 Å². The molecule has 0 radical (unpaired) electrons. The fourth-order valence-electron chi connectivity index (χ4n) is 5.10. The largest absolute Gasteiger partial charge is 0.573 e. The Kier molecular flexibility index (Phi) is 6.91. The molecule has 1 atom stereocenters. The highest BCUT2D eigenvalue weighted by molar-refractivity contribution is 6.05. The van der Waals surface area contributed by atoms with Crippen molar-refractivity contribution in [1.29, 1.82) is 0 Å². The maximum Gasteiger partial charge on any atom is 0.573 e. The zero-order chi connectivity index (χ0) is 27.9. The van der Waals surface area contributed by atoms with Crippen LogP contribution < -0.4 is 15.4 Å². The van der Waals surface area contributed by atoms with Gasteiger partial charge in [0.1, 0.15) is 23.7 Å². The van der Waals surface area contributed by atoms with E-state index in [9.17, 15) is 32.3 Å². The summed E-state index contributed by atoms with van der Waals surface area (Å²) in [7, 11) is 0. The van der Waals surface area contributed by atoms with Crippen molar-refractivity contribution < 1.29 is 46.2 Å². The second-order valence-electron chi connectivity index (χ2n) is 9.61. The van der Waals surface area contributed by atoms with Gasteiger partial charge in [0.25, 0.3) is 5.91 Å². The van der Waals surface area contributed by atoms with Crippen LogP contribution in [0.1, 0.15) is 58.6 Å². The molecule has 2 aromatic carbocycles. The van der Waals surface area contributed by atoms with Crippen LogP contribution in [0.3, 0.4) is 0 Å². The lowest BCUT2D eigenvalue weighted by Gasteiger charge is -2.35. The van der Waals surface area contributed by atoms with Crippen LogP contribution >= 0.6 is 0 Å². The van der Waals surface area contributed by atoms with Gasteiger partial charge in [0.2, 0.25) is 11.8 Å². The number of nitrogens with one attached hydrogen (secondary N) is 2. The summed E-state index contributed by atoms with van der Waals surface area (Å²) in [5, 5.41) is 4.61. The van der Waals surface area contributed by atoms with Crippen molar-refractivity contribution in [2.75, 3.05) is 0 Å². The Morgan fingerprint density at radius 1 is 1.10 bits per heavy atom. The Morgan fingerprint density at radius 3 is 2.56 bits per heavy atom. The number of amides is 4. The lowest BCUT2D eigenvalue weighted by atomic mass is 9.77. The number of nitrogens with zero attached hydrogens (tertiary/aromatic N) is 1. The molecule has 4 amide bonds. The quantitative estimate of drug-likeness (QED) is 0.420. The number of rotatable bonds is 6. The predicted molar refractivity (Wildman–Crippen MR) is 125 cm³/mol. The molecule has 2 N–H and O–H groups in total. The lowest BCUT2D eigenvalue weighted by Crippen LogP contribution is -2.52. The van der Waals surface area contributed by atoms with Gasteiger partial charge in [-0.1, -0.05) is 30.3 Å². The topological polar surface area (TPSA) is 114 Å². The second-order valence-corrected chi connectivity index (χ2v) is 9.61. The van der Waals surface area contributed by atoms with E-state index in [2.05, 4.69) is 15.4 Å². The van der Waals surface area contributed by atoms with E-state index in [1.54, 1.807) is 12.1 Å². The Balaban J connectivity index is 1.15. The van der Waals surface area contributed by atoms with Gasteiger partial charge in [-0.3, -0.25) is 19.7 Å². The summed E-state index contributed by atoms with van der Waals surface area (Å²) >= 11 is 0. The normalized spacial score (nSPS) is 22.6. The third-order valence-electron chi connectivity index (χ3n) is 7.09. The summed E-state index contributed by atoms with van der Waals surface area (Å²) in [6, 6.07) is 7.87. The van der Waals surface area contributed by atoms with Crippen LogP contribution in [0, 0.1) is 5.82 Å². The number of hydrogen-bond donors (Lipinski definition) is 2. The minimum absolute atomic E-state index is 0.0209. The molecule has 2 aliphatic heterocycles. The summed E-state index contributed by atoms with van der Waals surface area (Å²) in [6.45, 7) is -0.255. The molecule has 1 saturated carbocycles. The minimum atomic E-state index is -4.82. The van der Waals surface area contributed by atoms with Gasteiger partial charge in [-0.15, -0.1) is 13.2 Å². The number of fused-ring (bicyclic) bond motifs is 1. The molecule has 1 saturated heterocycles. The number of imide groups is 1. The molecule has 206 valence electrons. The molecule has 0 spiro atoms. The van der Waals surface area contributed by atoms with Gasteiger partial charge in [-0.2, -0.15) is 0 Å². The highest BCUT2D eigenvalue weighted by Crippen LogP contribution is 2.43. The molecule has 0 unspecified atom stereocenters. The molecule has 0 bridgehead atoms.